The number of rotatable bonds is 7. The molecule has 1 aromatic carbocycles. The third-order valence-corrected chi connectivity index (χ3v) is 6.04. The fraction of sp³-hybridized carbons (Fsp3) is 0.565. The SMILES string of the molecule is O=C(NCCCCNc1c2c(nc3ccccc13)CCCC2)[C@H]1CCCNC1. The van der Waals surface area contributed by atoms with Crippen LogP contribution < -0.4 is 16.0 Å². The van der Waals surface area contributed by atoms with Crippen LogP contribution in [0.2, 0.25) is 0 Å². The van der Waals surface area contributed by atoms with E-state index in [4.69, 9.17) is 4.98 Å². The summed E-state index contributed by atoms with van der Waals surface area (Å²) < 4.78 is 0. The Balaban J connectivity index is 1.29. The molecule has 1 saturated heterocycles. The summed E-state index contributed by atoms with van der Waals surface area (Å²) >= 11 is 0. The van der Waals surface area contributed by atoms with Gasteiger partial charge < -0.3 is 16.0 Å². The van der Waals surface area contributed by atoms with Crippen molar-refractivity contribution in [3.05, 3.63) is 35.5 Å². The quantitative estimate of drug-likeness (QED) is 0.644. The minimum absolute atomic E-state index is 0.154. The lowest BCUT2D eigenvalue weighted by Gasteiger charge is -2.22. The summed E-state index contributed by atoms with van der Waals surface area (Å²) in [6, 6.07) is 8.46. The second kappa shape index (κ2) is 9.37. The van der Waals surface area contributed by atoms with Crippen molar-refractivity contribution in [3.63, 3.8) is 0 Å². The molecular formula is C23H32N4O. The number of piperidine rings is 1. The number of carbonyl (C=O) groups excluding carboxylic acids is 1. The van der Waals surface area contributed by atoms with Crippen LogP contribution in [0, 0.1) is 5.92 Å². The van der Waals surface area contributed by atoms with Crippen molar-refractivity contribution in [1.29, 1.82) is 0 Å². The molecule has 1 aliphatic carbocycles. The van der Waals surface area contributed by atoms with E-state index in [1.807, 2.05) is 0 Å². The molecule has 2 heterocycles. The molecule has 1 atom stereocenters. The van der Waals surface area contributed by atoms with Crippen LogP contribution in [0.15, 0.2) is 24.3 Å². The fourth-order valence-electron chi connectivity index (χ4n) is 4.47. The molecule has 4 rings (SSSR count). The molecule has 150 valence electrons. The van der Waals surface area contributed by atoms with Gasteiger partial charge in [-0.15, -0.1) is 0 Å². The Kier molecular flexibility index (Phi) is 6.42. The summed E-state index contributed by atoms with van der Waals surface area (Å²) in [6.07, 6.45) is 8.89. The van der Waals surface area contributed by atoms with Crippen molar-refractivity contribution >= 4 is 22.5 Å². The first kappa shape index (κ1) is 19.2. The number of anilines is 1. The van der Waals surface area contributed by atoms with Crippen molar-refractivity contribution in [2.24, 2.45) is 5.92 Å². The molecule has 28 heavy (non-hydrogen) atoms. The maximum atomic E-state index is 12.2. The summed E-state index contributed by atoms with van der Waals surface area (Å²) in [5.74, 6) is 0.371. The van der Waals surface area contributed by atoms with Crippen LogP contribution in [0.25, 0.3) is 10.9 Å². The van der Waals surface area contributed by atoms with Crippen LogP contribution in [0.1, 0.15) is 49.8 Å². The summed E-state index contributed by atoms with van der Waals surface area (Å²) in [7, 11) is 0. The van der Waals surface area contributed by atoms with E-state index in [9.17, 15) is 4.79 Å². The molecule has 5 nitrogen and oxygen atoms in total. The first-order valence-corrected chi connectivity index (χ1v) is 11.0. The topological polar surface area (TPSA) is 66.0 Å². The second-order valence-corrected chi connectivity index (χ2v) is 8.10. The number of aromatic nitrogens is 1. The number of nitrogens with zero attached hydrogens (tertiary/aromatic N) is 1. The summed E-state index contributed by atoms with van der Waals surface area (Å²) in [5, 5.41) is 11.4. The zero-order valence-electron chi connectivity index (χ0n) is 16.7. The monoisotopic (exact) mass is 380 g/mol. The lowest BCUT2D eigenvalue weighted by Crippen LogP contribution is -2.40. The number of hydrogen-bond donors (Lipinski definition) is 3. The molecular weight excluding hydrogens is 348 g/mol. The highest BCUT2D eigenvalue weighted by Crippen LogP contribution is 2.33. The lowest BCUT2D eigenvalue weighted by atomic mass is 9.92. The number of carbonyl (C=O) groups is 1. The van der Waals surface area contributed by atoms with E-state index >= 15 is 0 Å². The van der Waals surface area contributed by atoms with Crippen LogP contribution in [0.5, 0.6) is 0 Å². The van der Waals surface area contributed by atoms with E-state index in [2.05, 4.69) is 40.2 Å². The zero-order chi connectivity index (χ0) is 19.2. The molecule has 1 aromatic heterocycles. The maximum absolute atomic E-state index is 12.2. The normalized spacial score (nSPS) is 19.2. The molecule has 0 unspecified atom stereocenters. The standard InChI is InChI=1S/C23H32N4O/c28-23(17-8-7-13-24-16-17)26-15-6-5-14-25-22-18-9-1-3-11-20(18)27-21-12-4-2-10-19(21)22/h1,3,9,11,17,24H,2,4-8,10,12-16H2,(H,25,27)(H,26,28)/t17-/m0/s1. The predicted octanol–water partition coefficient (Wildman–Crippen LogP) is 3.42. The minimum atomic E-state index is 0.154. The maximum Gasteiger partial charge on any atom is 0.224 e. The van der Waals surface area contributed by atoms with Crippen LogP contribution in [0.4, 0.5) is 5.69 Å². The van der Waals surface area contributed by atoms with Crippen molar-refractivity contribution < 1.29 is 4.79 Å². The van der Waals surface area contributed by atoms with Crippen molar-refractivity contribution in [1.82, 2.24) is 15.6 Å². The molecule has 2 aliphatic rings. The van der Waals surface area contributed by atoms with Crippen molar-refractivity contribution in [2.75, 3.05) is 31.5 Å². The fourth-order valence-corrected chi connectivity index (χ4v) is 4.47. The van der Waals surface area contributed by atoms with Gasteiger partial charge in [-0.05, 0) is 69.5 Å². The van der Waals surface area contributed by atoms with Gasteiger partial charge in [-0.25, -0.2) is 0 Å². The van der Waals surface area contributed by atoms with E-state index < -0.39 is 0 Å². The molecule has 0 saturated carbocycles. The average molecular weight is 381 g/mol. The van der Waals surface area contributed by atoms with Gasteiger partial charge in [0.25, 0.3) is 0 Å². The number of para-hydroxylation sites is 1. The lowest BCUT2D eigenvalue weighted by molar-refractivity contribution is -0.125. The molecule has 1 aliphatic heterocycles. The summed E-state index contributed by atoms with van der Waals surface area (Å²) in [5.41, 5.74) is 5.08. The highest BCUT2D eigenvalue weighted by atomic mass is 16.1. The highest BCUT2D eigenvalue weighted by Gasteiger charge is 2.20. The number of hydrogen-bond acceptors (Lipinski definition) is 4. The van der Waals surface area contributed by atoms with Gasteiger partial charge in [0.2, 0.25) is 5.91 Å². The Morgan fingerprint density at radius 3 is 2.86 bits per heavy atom. The largest absolute Gasteiger partial charge is 0.384 e. The Hall–Kier alpha value is -2.14. The van der Waals surface area contributed by atoms with Gasteiger partial charge in [-0.3, -0.25) is 9.78 Å². The van der Waals surface area contributed by atoms with Gasteiger partial charge in [0, 0.05) is 36.4 Å². The Morgan fingerprint density at radius 2 is 1.96 bits per heavy atom. The molecule has 0 bridgehead atoms. The molecule has 0 radical (unpaired) electrons. The van der Waals surface area contributed by atoms with Gasteiger partial charge >= 0.3 is 0 Å². The van der Waals surface area contributed by atoms with Crippen molar-refractivity contribution in [2.45, 2.75) is 51.4 Å². The van der Waals surface area contributed by atoms with E-state index in [1.165, 1.54) is 35.2 Å². The summed E-state index contributed by atoms with van der Waals surface area (Å²) in [6.45, 7) is 3.57. The first-order chi connectivity index (χ1) is 13.8. The second-order valence-electron chi connectivity index (χ2n) is 8.10. The molecule has 1 amide bonds. The van der Waals surface area contributed by atoms with Gasteiger partial charge in [-0.1, -0.05) is 18.2 Å². The van der Waals surface area contributed by atoms with E-state index in [1.54, 1.807) is 0 Å². The van der Waals surface area contributed by atoms with Crippen LogP contribution in [-0.4, -0.2) is 37.1 Å². The molecule has 3 N–H and O–H groups in total. The first-order valence-electron chi connectivity index (χ1n) is 11.0. The average Bonchev–Trinajstić information content (AvgIpc) is 2.75. The third-order valence-electron chi connectivity index (χ3n) is 6.04. The number of pyridine rings is 1. The van der Waals surface area contributed by atoms with Gasteiger partial charge in [0.15, 0.2) is 0 Å². The van der Waals surface area contributed by atoms with Crippen LogP contribution in [-0.2, 0) is 17.6 Å². The van der Waals surface area contributed by atoms with Crippen LogP contribution in [0.3, 0.4) is 0 Å². The van der Waals surface area contributed by atoms with E-state index in [0.717, 1.165) is 70.2 Å². The van der Waals surface area contributed by atoms with Crippen LogP contribution >= 0.6 is 0 Å². The number of amides is 1. The van der Waals surface area contributed by atoms with E-state index in [0.29, 0.717) is 0 Å². The van der Waals surface area contributed by atoms with Crippen molar-refractivity contribution in [3.8, 4) is 0 Å². The number of benzene rings is 1. The zero-order valence-corrected chi connectivity index (χ0v) is 16.7. The number of unbranched alkanes of at least 4 members (excludes halogenated alkanes) is 1. The third kappa shape index (κ3) is 4.46. The van der Waals surface area contributed by atoms with Gasteiger partial charge in [0.05, 0.1) is 11.4 Å². The summed E-state index contributed by atoms with van der Waals surface area (Å²) in [4.78, 5) is 17.1. The number of fused-ring (bicyclic) bond motifs is 2. The van der Waals surface area contributed by atoms with Gasteiger partial charge in [-0.2, -0.15) is 0 Å². The highest BCUT2D eigenvalue weighted by molar-refractivity contribution is 5.93. The smallest absolute Gasteiger partial charge is 0.224 e. The molecule has 5 heteroatoms. The minimum Gasteiger partial charge on any atom is -0.384 e. The predicted molar refractivity (Wildman–Crippen MR) is 115 cm³/mol. The number of nitrogens with one attached hydrogen (secondary N) is 3. The Labute approximate surface area is 167 Å². The van der Waals surface area contributed by atoms with Gasteiger partial charge in [0.1, 0.15) is 0 Å². The molecule has 0 spiro atoms. The van der Waals surface area contributed by atoms with E-state index in [-0.39, 0.29) is 11.8 Å². The molecule has 2 aromatic rings. The Morgan fingerprint density at radius 1 is 1.11 bits per heavy atom. The molecule has 1 fully saturated rings. The number of aryl methyl sites for hydroxylation is 1. The Bertz CT molecular complexity index is 814.